The Balaban J connectivity index is 2.71. The van der Waals surface area contributed by atoms with Gasteiger partial charge in [-0.2, -0.15) is 0 Å². The van der Waals surface area contributed by atoms with Crippen LogP contribution in [-0.4, -0.2) is 34.2 Å². The summed E-state index contributed by atoms with van der Waals surface area (Å²) in [5, 5.41) is 9.65. The molecule has 0 aromatic carbocycles. The van der Waals surface area contributed by atoms with E-state index in [0.717, 1.165) is 25.1 Å². The fourth-order valence-corrected chi connectivity index (χ4v) is 2.25. The zero-order valence-electron chi connectivity index (χ0n) is 10.6. The summed E-state index contributed by atoms with van der Waals surface area (Å²) in [7, 11) is 0. The lowest BCUT2D eigenvalue weighted by atomic mass is 10.1. The van der Waals surface area contributed by atoms with E-state index in [4.69, 9.17) is 16.7 Å². The highest BCUT2D eigenvalue weighted by molar-refractivity contribution is 6.29. The molecular weight excluding hydrogens is 236 g/mol. The molecule has 0 atom stereocenters. The first-order valence-corrected chi connectivity index (χ1v) is 6.55. The van der Waals surface area contributed by atoms with Crippen molar-refractivity contribution in [3.05, 3.63) is 29.0 Å². The van der Waals surface area contributed by atoms with Gasteiger partial charge in [-0.25, -0.2) is 4.98 Å². The van der Waals surface area contributed by atoms with Crippen LogP contribution in [0.4, 0.5) is 0 Å². The van der Waals surface area contributed by atoms with Gasteiger partial charge in [0.05, 0.1) is 12.3 Å². The van der Waals surface area contributed by atoms with E-state index in [1.807, 2.05) is 12.1 Å². The summed E-state index contributed by atoms with van der Waals surface area (Å²) >= 11 is 5.87. The van der Waals surface area contributed by atoms with Crippen LogP contribution < -0.4 is 0 Å². The minimum absolute atomic E-state index is 0.178. The first-order valence-electron chi connectivity index (χ1n) is 6.17. The Morgan fingerprint density at radius 2 is 2.06 bits per heavy atom. The number of nitrogens with zero attached hydrogens (tertiary/aromatic N) is 2. The van der Waals surface area contributed by atoms with Crippen LogP contribution in [0.5, 0.6) is 0 Å². The number of rotatable bonds is 7. The molecule has 0 unspecified atom stereocenters. The number of pyridine rings is 1. The molecule has 0 aliphatic rings. The molecule has 0 saturated heterocycles. The van der Waals surface area contributed by atoms with E-state index in [9.17, 15) is 0 Å². The first kappa shape index (κ1) is 14.4. The van der Waals surface area contributed by atoms with Crippen molar-refractivity contribution < 1.29 is 5.11 Å². The third-order valence-corrected chi connectivity index (χ3v) is 3.19. The van der Waals surface area contributed by atoms with Gasteiger partial charge in [0.1, 0.15) is 5.15 Å². The molecule has 0 radical (unpaired) electrons. The molecule has 96 valence electrons. The fraction of sp³-hybridized carbons (Fsp3) is 0.615. The van der Waals surface area contributed by atoms with Crippen molar-refractivity contribution in [2.45, 2.75) is 39.3 Å². The highest BCUT2D eigenvalue weighted by Crippen LogP contribution is 2.13. The molecule has 0 aliphatic carbocycles. The Morgan fingerprint density at radius 1 is 1.35 bits per heavy atom. The van der Waals surface area contributed by atoms with Crippen molar-refractivity contribution in [2.24, 2.45) is 0 Å². The Kier molecular flexibility index (Phi) is 6.48. The molecule has 1 rings (SSSR count). The van der Waals surface area contributed by atoms with Crippen LogP contribution in [0, 0.1) is 0 Å². The largest absolute Gasteiger partial charge is 0.395 e. The van der Waals surface area contributed by atoms with Crippen molar-refractivity contribution in [3.63, 3.8) is 0 Å². The van der Waals surface area contributed by atoms with Crippen molar-refractivity contribution in [2.75, 3.05) is 13.2 Å². The SMILES string of the molecule is CCC(CC)N(CCO)Cc1cccc(Cl)n1. The number of halogens is 1. The Hall–Kier alpha value is -0.640. The molecule has 3 nitrogen and oxygen atoms in total. The summed E-state index contributed by atoms with van der Waals surface area (Å²) in [6.07, 6.45) is 2.16. The standard InChI is InChI=1S/C13H21ClN2O/c1-3-12(4-2)16(8-9-17)10-11-6-5-7-13(14)15-11/h5-7,12,17H,3-4,8-10H2,1-2H3. The monoisotopic (exact) mass is 256 g/mol. The smallest absolute Gasteiger partial charge is 0.129 e. The van der Waals surface area contributed by atoms with Crippen LogP contribution in [0.1, 0.15) is 32.4 Å². The third-order valence-electron chi connectivity index (χ3n) is 2.98. The molecule has 0 aliphatic heterocycles. The maximum Gasteiger partial charge on any atom is 0.129 e. The van der Waals surface area contributed by atoms with E-state index in [1.165, 1.54) is 0 Å². The number of aliphatic hydroxyl groups excluding tert-OH is 1. The number of hydrogen-bond donors (Lipinski definition) is 1. The van der Waals surface area contributed by atoms with Gasteiger partial charge in [-0.15, -0.1) is 0 Å². The van der Waals surface area contributed by atoms with Crippen LogP contribution in [0.3, 0.4) is 0 Å². The molecule has 1 N–H and O–H groups in total. The van der Waals surface area contributed by atoms with Crippen LogP contribution in [-0.2, 0) is 6.54 Å². The Bertz CT molecular complexity index is 329. The molecule has 1 aromatic rings. The van der Waals surface area contributed by atoms with Crippen LogP contribution in [0.15, 0.2) is 18.2 Å². The second-order valence-corrected chi connectivity index (χ2v) is 4.50. The summed E-state index contributed by atoms with van der Waals surface area (Å²) in [5.74, 6) is 0. The Labute approximate surface area is 108 Å². The summed E-state index contributed by atoms with van der Waals surface area (Å²) < 4.78 is 0. The summed E-state index contributed by atoms with van der Waals surface area (Å²) in [6.45, 7) is 5.94. The van der Waals surface area contributed by atoms with E-state index in [1.54, 1.807) is 6.07 Å². The highest BCUT2D eigenvalue weighted by Gasteiger charge is 2.15. The lowest BCUT2D eigenvalue weighted by Gasteiger charge is -2.29. The molecule has 17 heavy (non-hydrogen) atoms. The average Bonchev–Trinajstić information content (AvgIpc) is 2.31. The van der Waals surface area contributed by atoms with Gasteiger partial charge in [-0.05, 0) is 25.0 Å². The molecule has 0 saturated carbocycles. The van der Waals surface area contributed by atoms with Crippen molar-refractivity contribution >= 4 is 11.6 Å². The van der Waals surface area contributed by atoms with Gasteiger partial charge in [0.25, 0.3) is 0 Å². The maximum absolute atomic E-state index is 9.12. The predicted octanol–water partition coefficient (Wildman–Crippen LogP) is 2.72. The molecule has 0 fully saturated rings. The molecule has 1 aromatic heterocycles. The molecule has 4 heteroatoms. The molecule has 0 bridgehead atoms. The zero-order valence-corrected chi connectivity index (χ0v) is 11.3. The molecule has 1 heterocycles. The average molecular weight is 257 g/mol. The van der Waals surface area contributed by atoms with Crippen LogP contribution in [0.2, 0.25) is 5.15 Å². The van der Waals surface area contributed by atoms with E-state index in [0.29, 0.717) is 17.7 Å². The van der Waals surface area contributed by atoms with Crippen LogP contribution in [0.25, 0.3) is 0 Å². The normalized spacial score (nSPS) is 11.4. The molecule has 0 spiro atoms. The predicted molar refractivity (Wildman–Crippen MR) is 71.1 cm³/mol. The van der Waals surface area contributed by atoms with Crippen molar-refractivity contribution in [1.82, 2.24) is 9.88 Å². The number of hydrogen-bond acceptors (Lipinski definition) is 3. The third kappa shape index (κ3) is 4.62. The minimum atomic E-state index is 0.178. The lowest BCUT2D eigenvalue weighted by Crippen LogP contribution is -2.36. The van der Waals surface area contributed by atoms with Gasteiger partial charge in [0.15, 0.2) is 0 Å². The molecular formula is C13H21ClN2O. The van der Waals surface area contributed by atoms with E-state index in [-0.39, 0.29) is 6.61 Å². The maximum atomic E-state index is 9.12. The van der Waals surface area contributed by atoms with Crippen molar-refractivity contribution in [3.8, 4) is 0 Å². The minimum Gasteiger partial charge on any atom is -0.395 e. The van der Waals surface area contributed by atoms with E-state index < -0.39 is 0 Å². The van der Waals surface area contributed by atoms with Gasteiger partial charge in [-0.1, -0.05) is 31.5 Å². The van der Waals surface area contributed by atoms with Gasteiger partial charge in [0, 0.05) is 19.1 Å². The van der Waals surface area contributed by atoms with Gasteiger partial charge < -0.3 is 5.11 Å². The van der Waals surface area contributed by atoms with E-state index in [2.05, 4.69) is 23.7 Å². The quantitative estimate of drug-likeness (QED) is 0.762. The van der Waals surface area contributed by atoms with E-state index >= 15 is 0 Å². The van der Waals surface area contributed by atoms with Gasteiger partial charge >= 0.3 is 0 Å². The first-order chi connectivity index (χ1) is 8.21. The van der Waals surface area contributed by atoms with Crippen molar-refractivity contribution in [1.29, 1.82) is 0 Å². The fourth-order valence-electron chi connectivity index (χ4n) is 2.07. The summed E-state index contributed by atoms with van der Waals surface area (Å²) in [5.41, 5.74) is 0.956. The van der Waals surface area contributed by atoms with Gasteiger partial charge in [0.2, 0.25) is 0 Å². The summed E-state index contributed by atoms with van der Waals surface area (Å²) in [6, 6.07) is 6.15. The topological polar surface area (TPSA) is 36.4 Å². The number of aliphatic hydroxyl groups is 1. The number of aromatic nitrogens is 1. The zero-order chi connectivity index (χ0) is 12.7. The second-order valence-electron chi connectivity index (χ2n) is 4.12. The van der Waals surface area contributed by atoms with Gasteiger partial charge in [-0.3, -0.25) is 4.90 Å². The Morgan fingerprint density at radius 3 is 2.59 bits per heavy atom. The highest BCUT2D eigenvalue weighted by atomic mass is 35.5. The second kappa shape index (κ2) is 7.64. The lowest BCUT2D eigenvalue weighted by molar-refractivity contribution is 0.135. The molecule has 0 amide bonds. The summed E-state index contributed by atoms with van der Waals surface area (Å²) in [4.78, 5) is 6.55. The van der Waals surface area contributed by atoms with Crippen LogP contribution >= 0.6 is 11.6 Å².